The molecule has 0 radical (unpaired) electrons. The number of nitrogens with one attached hydrogen (secondary N) is 2. The fourth-order valence-corrected chi connectivity index (χ4v) is 5.50. The molecule has 0 aromatic heterocycles. The third-order valence-corrected chi connectivity index (χ3v) is 8.07. The number of fused-ring (bicyclic) bond motifs is 2. The van der Waals surface area contributed by atoms with Gasteiger partial charge in [-0.05, 0) is 86.0 Å². The van der Waals surface area contributed by atoms with Crippen molar-refractivity contribution in [3.8, 4) is 0 Å². The number of aryl methyl sites for hydroxylation is 1. The molecule has 0 unspecified atom stereocenters. The van der Waals surface area contributed by atoms with Gasteiger partial charge in [0, 0.05) is 29.1 Å². The van der Waals surface area contributed by atoms with E-state index < -0.39 is 0 Å². The highest BCUT2D eigenvalue weighted by molar-refractivity contribution is 5.94. The van der Waals surface area contributed by atoms with Gasteiger partial charge in [-0.1, -0.05) is 75.8 Å². The van der Waals surface area contributed by atoms with Crippen molar-refractivity contribution in [2.45, 2.75) is 91.4 Å². The summed E-state index contributed by atoms with van der Waals surface area (Å²) in [5.41, 5.74) is 11.5. The van der Waals surface area contributed by atoms with Crippen molar-refractivity contribution in [2.24, 2.45) is 0 Å². The summed E-state index contributed by atoms with van der Waals surface area (Å²) < 4.78 is 0. The van der Waals surface area contributed by atoms with Crippen LogP contribution in [0, 0.1) is 6.92 Å². The number of carbonyl (C=O) groups is 1. The zero-order valence-corrected chi connectivity index (χ0v) is 22.7. The second-order valence-electron chi connectivity index (χ2n) is 11.9. The molecule has 2 aliphatic carbocycles. The van der Waals surface area contributed by atoms with E-state index in [4.69, 9.17) is 0 Å². The van der Waals surface area contributed by atoms with Crippen LogP contribution in [0.5, 0.6) is 0 Å². The molecule has 35 heavy (non-hydrogen) atoms. The van der Waals surface area contributed by atoms with E-state index in [1.807, 2.05) is 13.0 Å². The van der Waals surface area contributed by atoms with Gasteiger partial charge in [0.15, 0.2) is 0 Å². The van der Waals surface area contributed by atoms with E-state index >= 15 is 0 Å². The van der Waals surface area contributed by atoms with E-state index in [0.717, 1.165) is 48.3 Å². The maximum Gasteiger partial charge on any atom is 0.251 e. The first-order valence-corrected chi connectivity index (χ1v) is 13.1. The van der Waals surface area contributed by atoms with Crippen LogP contribution in [-0.4, -0.2) is 12.5 Å². The maximum atomic E-state index is 12.9. The molecule has 3 aliphatic rings. The normalized spacial score (nSPS) is 21.1. The maximum absolute atomic E-state index is 12.9. The summed E-state index contributed by atoms with van der Waals surface area (Å²) in [6, 6.07) is 4.89. The lowest BCUT2D eigenvalue weighted by atomic mass is 9.62. The van der Waals surface area contributed by atoms with Gasteiger partial charge in [-0.2, -0.15) is 0 Å². The van der Waals surface area contributed by atoms with Gasteiger partial charge in [0.2, 0.25) is 0 Å². The van der Waals surface area contributed by atoms with Gasteiger partial charge in [-0.25, -0.2) is 0 Å². The highest BCUT2D eigenvalue weighted by Gasteiger charge is 2.37. The van der Waals surface area contributed by atoms with Gasteiger partial charge in [0.25, 0.3) is 5.91 Å². The lowest BCUT2D eigenvalue weighted by Crippen LogP contribution is -2.34. The Morgan fingerprint density at radius 2 is 1.74 bits per heavy atom. The summed E-state index contributed by atoms with van der Waals surface area (Å²) in [5, 5.41) is 6.55. The third-order valence-electron chi connectivity index (χ3n) is 8.07. The number of carbonyl (C=O) groups excluding carboxylic acids is 1. The molecule has 0 atom stereocenters. The minimum absolute atomic E-state index is 0.0225. The molecule has 2 N–H and O–H groups in total. The van der Waals surface area contributed by atoms with Gasteiger partial charge in [0.1, 0.15) is 0 Å². The van der Waals surface area contributed by atoms with Crippen molar-refractivity contribution >= 4 is 5.91 Å². The molecular formula is C32H42N2O. The molecule has 1 heterocycles. The molecule has 1 aliphatic heterocycles. The highest BCUT2D eigenvalue weighted by Crippen LogP contribution is 2.46. The third kappa shape index (κ3) is 5.39. The zero-order valence-electron chi connectivity index (χ0n) is 22.7. The first-order valence-electron chi connectivity index (χ1n) is 13.1. The van der Waals surface area contributed by atoms with Crippen LogP contribution in [-0.2, 0) is 22.0 Å². The Morgan fingerprint density at radius 1 is 1.06 bits per heavy atom. The summed E-state index contributed by atoms with van der Waals surface area (Å²) in [4.78, 5) is 12.9. The smallest absolute Gasteiger partial charge is 0.251 e. The van der Waals surface area contributed by atoms with Crippen LogP contribution in [0.1, 0.15) is 89.5 Å². The van der Waals surface area contributed by atoms with Crippen molar-refractivity contribution in [3.05, 3.63) is 92.9 Å². The van der Waals surface area contributed by atoms with Gasteiger partial charge in [0.05, 0.1) is 0 Å². The summed E-state index contributed by atoms with van der Waals surface area (Å²) in [6.07, 6.45) is 15.7. The predicted molar refractivity (Wildman–Crippen MR) is 147 cm³/mol. The Hall–Kier alpha value is -2.81. The Labute approximate surface area is 212 Å². The topological polar surface area (TPSA) is 41.1 Å². The average molecular weight is 471 g/mol. The fraction of sp³-hybridized carbons (Fsp3) is 0.469. The lowest BCUT2D eigenvalue weighted by molar-refractivity contribution is -0.116. The molecule has 0 spiro atoms. The second kappa shape index (κ2) is 9.68. The summed E-state index contributed by atoms with van der Waals surface area (Å²) in [6.45, 7) is 16.7. The lowest BCUT2D eigenvalue weighted by Gasteiger charge is -2.42. The van der Waals surface area contributed by atoms with Crippen LogP contribution in [0.25, 0.3) is 0 Å². The summed E-state index contributed by atoms with van der Waals surface area (Å²) >= 11 is 0. The van der Waals surface area contributed by atoms with E-state index in [2.05, 4.69) is 88.6 Å². The number of hydrogen-bond donors (Lipinski definition) is 2. The molecule has 0 bridgehead atoms. The molecule has 3 heteroatoms. The van der Waals surface area contributed by atoms with Gasteiger partial charge < -0.3 is 10.6 Å². The van der Waals surface area contributed by atoms with Gasteiger partial charge >= 0.3 is 0 Å². The average Bonchev–Trinajstić information content (AvgIpc) is 2.81. The number of hydrogen-bond acceptors (Lipinski definition) is 2. The molecule has 0 fully saturated rings. The quantitative estimate of drug-likeness (QED) is 0.360. The monoisotopic (exact) mass is 470 g/mol. The van der Waals surface area contributed by atoms with Crippen LogP contribution in [0.3, 0.4) is 0 Å². The van der Waals surface area contributed by atoms with Crippen LogP contribution < -0.4 is 10.6 Å². The van der Waals surface area contributed by atoms with Crippen LogP contribution >= 0.6 is 0 Å². The molecule has 0 saturated carbocycles. The van der Waals surface area contributed by atoms with E-state index in [1.165, 1.54) is 40.7 Å². The molecule has 1 aromatic rings. The van der Waals surface area contributed by atoms with E-state index in [1.54, 1.807) is 0 Å². The molecule has 186 valence electrons. The van der Waals surface area contributed by atoms with E-state index in [0.29, 0.717) is 0 Å². The number of amides is 1. The second-order valence-corrected chi connectivity index (χ2v) is 11.9. The van der Waals surface area contributed by atoms with Gasteiger partial charge in [-0.15, -0.1) is 0 Å². The van der Waals surface area contributed by atoms with Crippen molar-refractivity contribution in [3.63, 3.8) is 0 Å². The van der Waals surface area contributed by atoms with Gasteiger partial charge in [-0.3, -0.25) is 4.79 Å². The number of allylic oxidation sites excluding steroid dienone is 6. The first-order chi connectivity index (χ1) is 16.5. The van der Waals surface area contributed by atoms with Crippen molar-refractivity contribution in [2.75, 3.05) is 6.54 Å². The van der Waals surface area contributed by atoms with E-state index in [9.17, 15) is 4.79 Å². The number of rotatable bonds is 5. The minimum Gasteiger partial charge on any atom is -0.381 e. The summed E-state index contributed by atoms with van der Waals surface area (Å²) in [7, 11) is 0. The predicted octanol–water partition coefficient (Wildman–Crippen LogP) is 6.99. The largest absolute Gasteiger partial charge is 0.381 e. The van der Waals surface area contributed by atoms with Crippen LogP contribution in [0.2, 0.25) is 0 Å². The highest BCUT2D eigenvalue weighted by atomic mass is 16.1. The Balaban J connectivity index is 1.49. The SMILES string of the molecule is C/C(=C\C=C(/C)C(=O)NC1=C2C=CCNC2=CCC1)Cc1cc2c(cc1C)C(C)(C)CCC2(C)C. The summed E-state index contributed by atoms with van der Waals surface area (Å²) in [5.74, 6) is -0.0225. The molecule has 1 amide bonds. The molecular weight excluding hydrogens is 428 g/mol. The molecule has 1 aromatic carbocycles. The fourth-order valence-electron chi connectivity index (χ4n) is 5.50. The molecule has 3 nitrogen and oxygen atoms in total. The van der Waals surface area contributed by atoms with E-state index in [-0.39, 0.29) is 16.7 Å². The molecule has 0 saturated heterocycles. The van der Waals surface area contributed by atoms with Crippen molar-refractivity contribution in [1.29, 1.82) is 0 Å². The zero-order chi connectivity index (χ0) is 25.4. The first kappa shape index (κ1) is 25.3. The van der Waals surface area contributed by atoms with Crippen molar-refractivity contribution < 1.29 is 4.79 Å². The van der Waals surface area contributed by atoms with Crippen LogP contribution in [0.4, 0.5) is 0 Å². The Morgan fingerprint density at radius 3 is 2.46 bits per heavy atom. The Bertz CT molecular complexity index is 1180. The van der Waals surface area contributed by atoms with Crippen LogP contribution in [0.15, 0.2) is 70.6 Å². The number of benzene rings is 1. The van der Waals surface area contributed by atoms with Crippen molar-refractivity contribution in [1.82, 2.24) is 10.6 Å². The minimum atomic E-state index is -0.0225. The standard InChI is InChI=1S/C32H42N2O/c1-21(18-24-20-27-26(19-23(24)3)31(4,5)15-16-32(27,6)7)13-14-22(2)30(35)34-29-12-8-11-28-25(29)10-9-17-33-28/h9-11,13-14,19-20,33H,8,12,15-18H2,1-7H3,(H,34,35)/b21-13+,22-14+. The Kier molecular flexibility index (Phi) is 6.99. The molecule has 4 rings (SSSR count).